The van der Waals surface area contributed by atoms with Crippen LogP contribution >= 0.6 is 0 Å². The molecule has 25 heavy (non-hydrogen) atoms. The number of sulfonamides is 1. The number of alkyl halides is 3. The number of aryl methyl sites for hydroxylation is 2. The fourth-order valence-corrected chi connectivity index (χ4v) is 4.03. The van der Waals surface area contributed by atoms with E-state index in [1.165, 1.54) is 22.6 Å². The maximum Gasteiger partial charge on any atom is 0.416 e. The van der Waals surface area contributed by atoms with Gasteiger partial charge in [0.2, 0.25) is 0 Å². The van der Waals surface area contributed by atoms with Gasteiger partial charge in [-0.1, -0.05) is 0 Å². The first-order valence-corrected chi connectivity index (χ1v) is 8.74. The van der Waals surface area contributed by atoms with E-state index in [9.17, 15) is 21.6 Å². The van der Waals surface area contributed by atoms with Crippen LogP contribution in [0.3, 0.4) is 0 Å². The summed E-state index contributed by atoms with van der Waals surface area (Å²) >= 11 is 0. The molecule has 0 aliphatic carbocycles. The van der Waals surface area contributed by atoms with E-state index < -0.39 is 21.8 Å². The lowest BCUT2D eigenvalue weighted by atomic mass is 10.1. The number of anilines is 2. The van der Waals surface area contributed by atoms with Gasteiger partial charge in [0.1, 0.15) is 4.90 Å². The zero-order valence-electron chi connectivity index (χ0n) is 14.4. The lowest BCUT2D eigenvalue weighted by molar-refractivity contribution is -0.137. The molecule has 6 nitrogen and oxygen atoms in total. The second-order valence-corrected chi connectivity index (χ2v) is 7.47. The highest BCUT2D eigenvalue weighted by atomic mass is 32.2. The van der Waals surface area contributed by atoms with Gasteiger partial charge in [0, 0.05) is 21.1 Å². The molecule has 0 atom stereocenters. The van der Waals surface area contributed by atoms with Crippen LogP contribution in [0.25, 0.3) is 0 Å². The molecule has 0 aliphatic heterocycles. The number of hydrogen-bond acceptors (Lipinski definition) is 4. The average Bonchev–Trinajstić information content (AvgIpc) is 2.70. The minimum atomic E-state index is -4.58. The fourth-order valence-electron chi connectivity index (χ4n) is 2.52. The smallest absolute Gasteiger partial charge is 0.376 e. The highest BCUT2D eigenvalue weighted by molar-refractivity contribution is 7.92. The molecule has 0 unspecified atom stereocenters. The monoisotopic (exact) mass is 376 g/mol. The van der Waals surface area contributed by atoms with Crippen LogP contribution in [0.1, 0.15) is 17.0 Å². The Morgan fingerprint density at radius 2 is 1.80 bits per heavy atom. The summed E-state index contributed by atoms with van der Waals surface area (Å²) in [5, 5.41) is 4.04. The van der Waals surface area contributed by atoms with Crippen LogP contribution in [0, 0.1) is 13.8 Å². The van der Waals surface area contributed by atoms with Crippen LogP contribution < -0.4 is 9.62 Å². The molecule has 0 saturated heterocycles. The molecule has 10 heteroatoms. The maximum atomic E-state index is 13.0. The molecule has 1 heterocycles. The summed E-state index contributed by atoms with van der Waals surface area (Å²) in [6.45, 7) is 3.11. The number of rotatable bonds is 4. The average molecular weight is 376 g/mol. The molecule has 0 aliphatic rings. The normalized spacial score (nSPS) is 12.3. The Morgan fingerprint density at radius 3 is 2.24 bits per heavy atom. The van der Waals surface area contributed by atoms with E-state index >= 15 is 0 Å². The van der Waals surface area contributed by atoms with Gasteiger partial charge in [-0.3, -0.25) is 9.40 Å². The Balaban J connectivity index is 2.58. The standard InChI is InChI=1S/C15H19F3N4O2S/c1-9-14(10(2)22(5)19-9)25(23,24)20-12-8-11(15(16,17)18)6-7-13(12)21(3)4/h6-8,20H,1-5H3. The predicted molar refractivity (Wildman–Crippen MR) is 89.3 cm³/mol. The summed E-state index contributed by atoms with van der Waals surface area (Å²) in [7, 11) is 0.719. The maximum absolute atomic E-state index is 13.0. The molecule has 1 N–H and O–H groups in total. The van der Waals surface area contributed by atoms with Gasteiger partial charge in [-0.2, -0.15) is 18.3 Å². The first-order valence-electron chi connectivity index (χ1n) is 7.26. The molecule has 0 radical (unpaired) electrons. The first-order chi connectivity index (χ1) is 11.3. The summed E-state index contributed by atoms with van der Waals surface area (Å²) in [6, 6.07) is 2.92. The molecular formula is C15H19F3N4O2S. The third-order valence-corrected chi connectivity index (χ3v) is 5.38. The quantitative estimate of drug-likeness (QED) is 0.891. The van der Waals surface area contributed by atoms with Gasteiger partial charge < -0.3 is 4.90 Å². The van der Waals surface area contributed by atoms with Crippen molar-refractivity contribution in [1.29, 1.82) is 0 Å². The van der Waals surface area contributed by atoms with Gasteiger partial charge >= 0.3 is 6.18 Å². The lowest BCUT2D eigenvalue weighted by Crippen LogP contribution is -2.19. The summed E-state index contributed by atoms with van der Waals surface area (Å²) in [5.41, 5.74) is -0.108. The Bertz CT molecular complexity index is 902. The van der Waals surface area contributed by atoms with Crippen molar-refractivity contribution >= 4 is 21.4 Å². The molecule has 0 bridgehead atoms. The summed E-state index contributed by atoms with van der Waals surface area (Å²) < 4.78 is 68.1. The zero-order chi connectivity index (χ0) is 19.2. The van der Waals surface area contributed by atoms with Crippen molar-refractivity contribution in [2.24, 2.45) is 7.05 Å². The third-order valence-electron chi connectivity index (χ3n) is 3.76. The van der Waals surface area contributed by atoms with Gasteiger partial charge in [0.15, 0.2) is 0 Å². The molecule has 1 aromatic heterocycles. The molecule has 1 aromatic carbocycles. The molecule has 0 spiro atoms. The van der Waals surface area contributed by atoms with Gasteiger partial charge in [-0.15, -0.1) is 0 Å². The summed E-state index contributed by atoms with van der Waals surface area (Å²) in [4.78, 5) is 1.48. The summed E-state index contributed by atoms with van der Waals surface area (Å²) in [5.74, 6) is 0. The lowest BCUT2D eigenvalue weighted by Gasteiger charge is -2.20. The second kappa shape index (κ2) is 6.25. The van der Waals surface area contributed by atoms with Crippen LogP contribution in [0.4, 0.5) is 24.5 Å². The minimum absolute atomic E-state index is 0.0443. The topological polar surface area (TPSA) is 67.2 Å². The van der Waals surface area contributed by atoms with Crippen molar-refractivity contribution in [2.45, 2.75) is 24.9 Å². The number of nitrogens with zero attached hydrogens (tertiary/aromatic N) is 3. The molecule has 2 aromatic rings. The predicted octanol–water partition coefficient (Wildman–Crippen LogP) is 2.92. The third kappa shape index (κ3) is 3.73. The van der Waals surface area contributed by atoms with Crippen LogP contribution in [0.15, 0.2) is 23.1 Å². The first kappa shape index (κ1) is 19.1. The van der Waals surface area contributed by atoms with E-state index in [0.717, 1.165) is 12.1 Å². The number of aromatic nitrogens is 2. The van der Waals surface area contributed by atoms with Crippen LogP contribution in [0.5, 0.6) is 0 Å². The van der Waals surface area contributed by atoms with E-state index in [4.69, 9.17) is 0 Å². The second-order valence-electron chi connectivity index (χ2n) is 5.85. The number of hydrogen-bond donors (Lipinski definition) is 1. The fraction of sp³-hybridized carbons (Fsp3) is 0.400. The Morgan fingerprint density at radius 1 is 1.20 bits per heavy atom. The summed E-state index contributed by atoms with van der Waals surface area (Å²) in [6.07, 6.45) is -4.58. The molecular weight excluding hydrogens is 357 g/mol. The van der Waals surface area contributed by atoms with Gasteiger partial charge in [-0.05, 0) is 32.0 Å². The molecule has 138 valence electrons. The zero-order valence-corrected chi connectivity index (χ0v) is 15.2. The highest BCUT2D eigenvalue weighted by Crippen LogP contribution is 2.36. The van der Waals surface area contributed by atoms with Crippen molar-refractivity contribution in [1.82, 2.24) is 9.78 Å². The number of nitrogens with one attached hydrogen (secondary N) is 1. The van der Waals surface area contributed by atoms with Crippen molar-refractivity contribution < 1.29 is 21.6 Å². The number of halogens is 3. The van der Waals surface area contributed by atoms with Crippen LogP contribution in [-0.2, 0) is 23.2 Å². The molecule has 2 rings (SSSR count). The SMILES string of the molecule is Cc1nn(C)c(C)c1S(=O)(=O)Nc1cc(C(F)(F)F)ccc1N(C)C. The van der Waals surface area contributed by atoms with E-state index in [2.05, 4.69) is 9.82 Å². The Kier molecular flexibility index (Phi) is 4.77. The van der Waals surface area contributed by atoms with Gasteiger partial charge in [0.25, 0.3) is 10.0 Å². The van der Waals surface area contributed by atoms with E-state index in [1.807, 2.05) is 0 Å². The highest BCUT2D eigenvalue weighted by Gasteiger charge is 2.32. The largest absolute Gasteiger partial charge is 0.416 e. The number of benzene rings is 1. The Labute approximate surface area is 144 Å². The van der Waals surface area contributed by atoms with Crippen molar-refractivity contribution in [3.63, 3.8) is 0 Å². The van der Waals surface area contributed by atoms with Gasteiger partial charge in [0.05, 0.1) is 28.3 Å². The van der Waals surface area contributed by atoms with E-state index in [0.29, 0.717) is 11.4 Å². The molecule has 0 saturated carbocycles. The van der Waals surface area contributed by atoms with Crippen molar-refractivity contribution in [3.8, 4) is 0 Å². The minimum Gasteiger partial charge on any atom is -0.376 e. The molecule has 0 fully saturated rings. The van der Waals surface area contributed by atoms with E-state index in [1.54, 1.807) is 28.1 Å². The van der Waals surface area contributed by atoms with Gasteiger partial charge in [-0.25, -0.2) is 8.42 Å². The molecule has 0 amide bonds. The van der Waals surface area contributed by atoms with Crippen LogP contribution in [-0.4, -0.2) is 32.3 Å². The van der Waals surface area contributed by atoms with Crippen LogP contribution in [0.2, 0.25) is 0 Å². The van der Waals surface area contributed by atoms with E-state index in [-0.39, 0.29) is 16.3 Å². The van der Waals surface area contributed by atoms with Crippen molar-refractivity contribution in [3.05, 3.63) is 35.2 Å². The van der Waals surface area contributed by atoms with Crippen molar-refractivity contribution in [2.75, 3.05) is 23.7 Å². The Hall–Kier alpha value is -2.23.